The van der Waals surface area contributed by atoms with E-state index in [-0.39, 0.29) is 18.6 Å². The van der Waals surface area contributed by atoms with Crippen LogP contribution in [0.4, 0.5) is 16.0 Å². The predicted molar refractivity (Wildman–Crippen MR) is 122 cm³/mol. The first kappa shape index (κ1) is 21.7. The van der Waals surface area contributed by atoms with Gasteiger partial charge in [0.15, 0.2) is 0 Å². The minimum Gasteiger partial charge on any atom is -0.480 e. The zero-order chi connectivity index (χ0) is 22.8. The van der Waals surface area contributed by atoms with Crippen molar-refractivity contribution in [1.29, 1.82) is 0 Å². The fourth-order valence-corrected chi connectivity index (χ4v) is 4.93. The number of hydrogen-bond donors (Lipinski definition) is 1. The van der Waals surface area contributed by atoms with Gasteiger partial charge in [-0.05, 0) is 42.9 Å². The van der Waals surface area contributed by atoms with Crippen molar-refractivity contribution in [3.8, 4) is 17.6 Å². The molecule has 1 N–H and O–H groups in total. The molecule has 0 amide bonds. The third kappa shape index (κ3) is 4.66. The molecule has 3 heterocycles. The molecule has 1 saturated carbocycles. The van der Waals surface area contributed by atoms with Gasteiger partial charge in [-0.2, -0.15) is 10.1 Å². The van der Waals surface area contributed by atoms with E-state index < -0.39 is 6.67 Å². The fourth-order valence-electron chi connectivity index (χ4n) is 4.75. The smallest absolute Gasteiger partial charge is 0.322 e. The molecule has 174 valence electrons. The van der Waals surface area contributed by atoms with Crippen LogP contribution >= 0.6 is 11.6 Å². The van der Waals surface area contributed by atoms with Gasteiger partial charge in [-0.1, -0.05) is 17.7 Å². The van der Waals surface area contributed by atoms with Crippen LogP contribution in [0.2, 0.25) is 5.02 Å². The SMILES string of the molecule is COc1cc(N2CC3CCC(C2)C3Nc2nc(Oc3cccc(Cl)c3)n(CCF)n2)cnn1. The molecule has 2 unspecified atom stereocenters. The number of aryl methyl sites for hydroxylation is 1. The summed E-state index contributed by atoms with van der Waals surface area (Å²) in [6.45, 7) is 1.27. The monoisotopic (exact) mass is 473 g/mol. The van der Waals surface area contributed by atoms with Crippen molar-refractivity contribution in [3.05, 3.63) is 41.6 Å². The number of aromatic nitrogens is 5. The van der Waals surface area contributed by atoms with Crippen LogP contribution in [0.25, 0.3) is 0 Å². The summed E-state index contributed by atoms with van der Waals surface area (Å²) in [7, 11) is 1.59. The first-order valence-corrected chi connectivity index (χ1v) is 11.3. The third-order valence-corrected chi connectivity index (χ3v) is 6.50. The molecule has 2 bridgehead atoms. The van der Waals surface area contributed by atoms with E-state index in [1.165, 1.54) is 4.68 Å². The molecular formula is C22H25ClFN7O2. The Morgan fingerprint density at radius 1 is 1.21 bits per heavy atom. The summed E-state index contributed by atoms with van der Waals surface area (Å²) in [6, 6.07) is 9.38. The summed E-state index contributed by atoms with van der Waals surface area (Å²) >= 11 is 6.04. The summed E-state index contributed by atoms with van der Waals surface area (Å²) in [6.07, 6.45) is 4.01. The number of anilines is 2. The third-order valence-electron chi connectivity index (χ3n) is 6.26. The Morgan fingerprint density at radius 3 is 2.76 bits per heavy atom. The number of nitrogens with one attached hydrogen (secondary N) is 1. The molecule has 1 aromatic carbocycles. The Labute approximate surface area is 195 Å². The maximum absolute atomic E-state index is 13.1. The van der Waals surface area contributed by atoms with Gasteiger partial charge in [0.05, 0.1) is 25.5 Å². The molecule has 0 spiro atoms. The molecular weight excluding hydrogens is 449 g/mol. The minimum absolute atomic E-state index is 0.0623. The number of methoxy groups -OCH3 is 1. The quantitative estimate of drug-likeness (QED) is 0.528. The topological polar surface area (TPSA) is 90.2 Å². The van der Waals surface area contributed by atoms with Crippen molar-refractivity contribution >= 4 is 23.2 Å². The molecule has 0 radical (unpaired) electrons. The van der Waals surface area contributed by atoms with E-state index in [9.17, 15) is 4.39 Å². The zero-order valence-electron chi connectivity index (χ0n) is 18.2. The highest BCUT2D eigenvalue weighted by molar-refractivity contribution is 6.30. The van der Waals surface area contributed by atoms with Crippen LogP contribution in [0.5, 0.6) is 17.6 Å². The lowest BCUT2D eigenvalue weighted by molar-refractivity contribution is 0.363. The molecule has 2 aromatic heterocycles. The predicted octanol–water partition coefficient (Wildman–Crippen LogP) is 3.82. The van der Waals surface area contributed by atoms with Crippen LogP contribution in [0, 0.1) is 11.8 Å². The highest BCUT2D eigenvalue weighted by atomic mass is 35.5. The number of halogens is 2. The van der Waals surface area contributed by atoms with E-state index in [0.717, 1.165) is 31.6 Å². The second kappa shape index (κ2) is 9.38. The van der Waals surface area contributed by atoms with E-state index in [4.69, 9.17) is 21.1 Å². The van der Waals surface area contributed by atoms with Crippen LogP contribution in [0.1, 0.15) is 12.8 Å². The van der Waals surface area contributed by atoms with Crippen LogP contribution in [0.3, 0.4) is 0 Å². The Morgan fingerprint density at radius 2 is 2.03 bits per heavy atom. The molecule has 1 aliphatic heterocycles. The molecule has 2 atom stereocenters. The average molecular weight is 474 g/mol. The molecule has 2 fully saturated rings. The molecule has 1 saturated heterocycles. The first-order valence-electron chi connectivity index (χ1n) is 11.0. The first-order chi connectivity index (χ1) is 16.1. The minimum atomic E-state index is -0.568. The summed E-state index contributed by atoms with van der Waals surface area (Å²) in [5, 5.41) is 16.5. The van der Waals surface area contributed by atoms with Gasteiger partial charge in [0.25, 0.3) is 0 Å². The maximum Gasteiger partial charge on any atom is 0.322 e. The number of benzene rings is 1. The van der Waals surface area contributed by atoms with Gasteiger partial charge in [-0.3, -0.25) is 0 Å². The Kier molecular flexibility index (Phi) is 6.17. The highest BCUT2D eigenvalue weighted by Crippen LogP contribution is 2.40. The second-order valence-corrected chi connectivity index (χ2v) is 8.75. The van der Waals surface area contributed by atoms with E-state index >= 15 is 0 Å². The van der Waals surface area contributed by atoms with Crippen molar-refractivity contribution in [2.75, 3.05) is 37.1 Å². The van der Waals surface area contributed by atoms with Crippen LogP contribution in [-0.2, 0) is 6.54 Å². The van der Waals surface area contributed by atoms with Gasteiger partial charge in [0.1, 0.15) is 12.4 Å². The largest absolute Gasteiger partial charge is 0.480 e. The highest BCUT2D eigenvalue weighted by Gasteiger charge is 2.42. The number of fused-ring (bicyclic) bond motifs is 2. The lowest BCUT2D eigenvalue weighted by atomic mass is 9.92. The fraction of sp³-hybridized carbons (Fsp3) is 0.455. The molecule has 9 nitrogen and oxygen atoms in total. The number of alkyl halides is 1. The average Bonchev–Trinajstić information content (AvgIpc) is 3.28. The van der Waals surface area contributed by atoms with Gasteiger partial charge in [-0.15, -0.1) is 10.2 Å². The number of piperidine rings is 1. The zero-order valence-corrected chi connectivity index (χ0v) is 19.0. The molecule has 33 heavy (non-hydrogen) atoms. The molecule has 3 aromatic rings. The number of nitrogens with zero attached hydrogens (tertiary/aromatic N) is 6. The van der Waals surface area contributed by atoms with Crippen LogP contribution in [0.15, 0.2) is 36.5 Å². The van der Waals surface area contributed by atoms with Crippen LogP contribution in [-0.4, -0.2) is 57.9 Å². The summed E-state index contributed by atoms with van der Waals surface area (Å²) in [5.74, 6) is 2.33. The lowest BCUT2D eigenvalue weighted by Gasteiger charge is -2.39. The van der Waals surface area contributed by atoms with Crippen molar-refractivity contribution in [2.24, 2.45) is 11.8 Å². The molecule has 5 rings (SSSR count). The second-order valence-electron chi connectivity index (χ2n) is 8.32. The van der Waals surface area contributed by atoms with Gasteiger partial charge >= 0.3 is 6.01 Å². The van der Waals surface area contributed by atoms with Gasteiger partial charge in [-0.25, -0.2) is 9.07 Å². The Balaban J connectivity index is 1.30. The van der Waals surface area contributed by atoms with E-state index in [1.807, 2.05) is 6.07 Å². The number of rotatable bonds is 8. The van der Waals surface area contributed by atoms with Crippen LogP contribution < -0.4 is 19.7 Å². The van der Waals surface area contributed by atoms with E-state index in [2.05, 4.69) is 30.5 Å². The van der Waals surface area contributed by atoms with Crippen molar-refractivity contribution in [2.45, 2.75) is 25.4 Å². The van der Waals surface area contributed by atoms with Gasteiger partial charge in [0.2, 0.25) is 11.8 Å². The molecule has 2 aliphatic rings. The molecule has 11 heteroatoms. The van der Waals surface area contributed by atoms with Crippen molar-refractivity contribution < 1.29 is 13.9 Å². The summed E-state index contributed by atoms with van der Waals surface area (Å²) < 4.78 is 25.6. The van der Waals surface area contributed by atoms with E-state index in [1.54, 1.807) is 37.6 Å². The summed E-state index contributed by atoms with van der Waals surface area (Å²) in [4.78, 5) is 6.84. The van der Waals surface area contributed by atoms with Gasteiger partial charge < -0.3 is 19.7 Å². The maximum atomic E-state index is 13.1. The van der Waals surface area contributed by atoms with Crippen molar-refractivity contribution in [3.63, 3.8) is 0 Å². The standard InChI is InChI=1S/C22H25ClFN7O2/c1-32-19-10-17(11-25-28-19)30-12-14-5-6-15(13-30)20(14)26-21-27-22(31(29-21)8-7-24)33-18-4-2-3-16(23)9-18/h2-4,9-11,14-15,20H,5-8,12-13H2,1H3,(H,26,29). The number of hydrogen-bond acceptors (Lipinski definition) is 8. The molecule has 1 aliphatic carbocycles. The normalized spacial score (nSPS) is 21.8. The lowest BCUT2D eigenvalue weighted by Crippen LogP contribution is -2.48. The van der Waals surface area contributed by atoms with E-state index in [0.29, 0.717) is 34.4 Å². The Bertz CT molecular complexity index is 1100. The Hall–Kier alpha value is -3.14. The summed E-state index contributed by atoms with van der Waals surface area (Å²) in [5.41, 5.74) is 1.01. The van der Waals surface area contributed by atoms with Gasteiger partial charge in [0, 0.05) is 30.2 Å². The van der Waals surface area contributed by atoms with Crippen molar-refractivity contribution in [1.82, 2.24) is 25.0 Å². The number of ether oxygens (including phenoxy) is 2.